The second-order valence-electron chi connectivity index (χ2n) is 6.32. The van der Waals surface area contributed by atoms with Crippen LogP contribution in [0.4, 0.5) is 10.9 Å². The van der Waals surface area contributed by atoms with E-state index in [2.05, 4.69) is 30.5 Å². The van der Waals surface area contributed by atoms with Gasteiger partial charge in [-0.15, -0.1) is 22.7 Å². The lowest BCUT2D eigenvalue weighted by Crippen LogP contribution is -2.09. The Morgan fingerprint density at radius 2 is 2.06 bits per heavy atom. The molecule has 10 nitrogen and oxygen atoms in total. The fourth-order valence-corrected chi connectivity index (χ4v) is 4.15. The van der Waals surface area contributed by atoms with Crippen LogP contribution in [0.15, 0.2) is 58.1 Å². The van der Waals surface area contributed by atoms with E-state index < -0.39 is 0 Å². The predicted octanol–water partition coefficient (Wildman–Crippen LogP) is 3.26. The summed E-state index contributed by atoms with van der Waals surface area (Å²) in [7, 11) is 0. The molecule has 5 aromatic heterocycles. The fraction of sp³-hybridized carbons (Fsp3) is 0.0526. The van der Waals surface area contributed by atoms with Gasteiger partial charge < -0.3 is 10.3 Å². The third-order valence-corrected chi connectivity index (χ3v) is 5.95. The van der Waals surface area contributed by atoms with Crippen molar-refractivity contribution in [3.8, 4) is 17.1 Å². The highest BCUT2D eigenvalue weighted by Gasteiger charge is 2.18. The molecule has 31 heavy (non-hydrogen) atoms. The number of rotatable bonds is 6. The van der Waals surface area contributed by atoms with Crippen LogP contribution in [0.3, 0.4) is 0 Å². The van der Waals surface area contributed by atoms with Crippen molar-refractivity contribution in [2.24, 2.45) is 0 Å². The first kappa shape index (κ1) is 19.1. The number of nitrogens with zero attached hydrogens (tertiary/aromatic N) is 6. The van der Waals surface area contributed by atoms with Crippen molar-refractivity contribution in [2.75, 3.05) is 11.1 Å². The van der Waals surface area contributed by atoms with E-state index in [1.165, 1.54) is 22.7 Å². The first-order valence-electron chi connectivity index (χ1n) is 9.03. The minimum atomic E-state index is -0.183. The zero-order valence-electron chi connectivity index (χ0n) is 15.8. The predicted molar refractivity (Wildman–Crippen MR) is 116 cm³/mol. The van der Waals surface area contributed by atoms with Gasteiger partial charge in [0, 0.05) is 17.8 Å². The van der Waals surface area contributed by atoms with Gasteiger partial charge in [-0.25, -0.2) is 9.67 Å². The zero-order chi connectivity index (χ0) is 21.2. The molecule has 0 unspecified atom stereocenters. The topological polar surface area (TPSA) is 138 Å². The summed E-state index contributed by atoms with van der Waals surface area (Å²) in [5.74, 6) is 0.935. The van der Waals surface area contributed by atoms with Crippen molar-refractivity contribution in [1.82, 2.24) is 29.9 Å². The van der Waals surface area contributed by atoms with E-state index >= 15 is 0 Å². The molecular formula is C19H14N8O2S2. The summed E-state index contributed by atoms with van der Waals surface area (Å²) in [4.78, 5) is 25.6. The van der Waals surface area contributed by atoms with Crippen molar-refractivity contribution in [1.29, 1.82) is 0 Å². The standard InChI is InChI=1S/C19H14N8O2S2/c20-16-13(9-22-27(16)12-3-5-21-6-4-12)17-24-15(29-26-17)8-11-10-31-19(23-11)25-18(28)14-2-1-7-30-14/h1-7,9-10H,8,20H2,(H,23,25,28). The first-order valence-corrected chi connectivity index (χ1v) is 10.8. The Bertz CT molecular complexity index is 1320. The van der Waals surface area contributed by atoms with E-state index in [0.717, 1.165) is 5.69 Å². The molecule has 0 aliphatic rings. The number of nitrogen functional groups attached to an aromatic ring is 1. The summed E-state index contributed by atoms with van der Waals surface area (Å²) in [5, 5.41) is 15.3. The van der Waals surface area contributed by atoms with Gasteiger partial charge in [0.15, 0.2) is 5.13 Å². The van der Waals surface area contributed by atoms with Crippen molar-refractivity contribution < 1.29 is 9.32 Å². The van der Waals surface area contributed by atoms with E-state index in [9.17, 15) is 4.79 Å². The Labute approximate surface area is 183 Å². The van der Waals surface area contributed by atoms with Gasteiger partial charge in [0.1, 0.15) is 5.82 Å². The van der Waals surface area contributed by atoms with Crippen LogP contribution in [-0.4, -0.2) is 35.8 Å². The molecule has 5 heterocycles. The number of aromatic nitrogens is 6. The van der Waals surface area contributed by atoms with Crippen LogP contribution in [-0.2, 0) is 6.42 Å². The van der Waals surface area contributed by atoms with E-state index in [4.69, 9.17) is 10.3 Å². The minimum absolute atomic E-state index is 0.183. The third-order valence-electron chi connectivity index (χ3n) is 4.27. The van der Waals surface area contributed by atoms with Crippen LogP contribution in [0.1, 0.15) is 21.3 Å². The van der Waals surface area contributed by atoms with E-state index in [-0.39, 0.29) is 5.91 Å². The Morgan fingerprint density at radius 1 is 1.19 bits per heavy atom. The number of thiophene rings is 1. The monoisotopic (exact) mass is 450 g/mol. The molecule has 0 aromatic carbocycles. The number of nitrogens with one attached hydrogen (secondary N) is 1. The third kappa shape index (κ3) is 3.93. The summed E-state index contributed by atoms with van der Waals surface area (Å²) in [6, 6.07) is 7.18. The zero-order valence-corrected chi connectivity index (χ0v) is 17.4. The average Bonchev–Trinajstić information content (AvgIpc) is 3.57. The number of pyridine rings is 1. The number of hydrogen-bond donors (Lipinski definition) is 2. The molecule has 0 fully saturated rings. The SMILES string of the molecule is Nc1c(-c2noc(Cc3csc(NC(=O)c4cccs4)n3)n2)cnn1-c1ccncc1. The molecular weight excluding hydrogens is 436 g/mol. The smallest absolute Gasteiger partial charge is 0.267 e. The highest BCUT2D eigenvalue weighted by Crippen LogP contribution is 2.26. The Kier molecular flexibility index (Phi) is 4.98. The quantitative estimate of drug-likeness (QED) is 0.402. The number of carbonyl (C=O) groups is 1. The van der Waals surface area contributed by atoms with Gasteiger partial charge in [0.05, 0.1) is 34.4 Å². The maximum Gasteiger partial charge on any atom is 0.267 e. The van der Waals surface area contributed by atoms with Crippen LogP contribution in [0.25, 0.3) is 17.1 Å². The Balaban J connectivity index is 1.29. The molecule has 0 atom stereocenters. The lowest BCUT2D eigenvalue weighted by atomic mass is 10.3. The molecule has 0 radical (unpaired) electrons. The largest absolute Gasteiger partial charge is 0.383 e. The summed E-state index contributed by atoms with van der Waals surface area (Å²) in [6.07, 6.45) is 5.24. The molecule has 5 aromatic rings. The second kappa shape index (κ2) is 8.08. The number of thiazole rings is 1. The van der Waals surface area contributed by atoms with Crippen molar-refractivity contribution in [3.63, 3.8) is 0 Å². The summed E-state index contributed by atoms with van der Waals surface area (Å²) in [6.45, 7) is 0. The van der Waals surface area contributed by atoms with Gasteiger partial charge in [0.25, 0.3) is 5.91 Å². The number of amides is 1. The van der Waals surface area contributed by atoms with Gasteiger partial charge in [-0.1, -0.05) is 11.2 Å². The molecule has 0 aliphatic heterocycles. The Hall–Kier alpha value is -3.90. The molecule has 1 amide bonds. The van der Waals surface area contributed by atoms with Crippen LogP contribution in [0.2, 0.25) is 0 Å². The van der Waals surface area contributed by atoms with Gasteiger partial charge in [-0.2, -0.15) is 10.1 Å². The van der Waals surface area contributed by atoms with Gasteiger partial charge >= 0.3 is 0 Å². The number of hydrogen-bond acceptors (Lipinski definition) is 10. The van der Waals surface area contributed by atoms with Gasteiger partial charge in [-0.3, -0.25) is 15.1 Å². The van der Waals surface area contributed by atoms with Crippen LogP contribution in [0.5, 0.6) is 0 Å². The molecule has 12 heteroatoms. The van der Waals surface area contributed by atoms with Crippen LogP contribution < -0.4 is 11.1 Å². The molecule has 0 aliphatic carbocycles. The molecule has 0 saturated heterocycles. The molecule has 154 valence electrons. The summed E-state index contributed by atoms with van der Waals surface area (Å²) < 4.78 is 6.94. The normalized spacial score (nSPS) is 11.0. The van der Waals surface area contributed by atoms with E-state index in [1.54, 1.807) is 41.5 Å². The second-order valence-corrected chi connectivity index (χ2v) is 8.13. The van der Waals surface area contributed by atoms with Crippen LogP contribution in [0, 0.1) is 0 Å². The number of anilines is 2. The molecule has 5 rings (SSSR count). The fourth-order valence-electron chi connectivity index (χ4n) is 2.82. The maximum atomic E-state index is 12.1. The average molecular weight is 451 g/mol. The molecule has 0 spiro atoms. The van der Waals surface area contributed by atoms with Gasteiger partial charge in [-0.05, 0) is 23.6 Å². The lowest BCUT2D eigenvalue weighted by molar-refractivity contribution is 0.103. The van der Waals surface area contributed by atoms with E-state index in [1.807, 2.05) is 16.8 Å². The summed E-state index contributed by atoms with van der Waals surface area (Å²) >= 11 is 2.71. The molecule has 0 bridgehead atoms. The highest BCUT2D eigenvalue weighted by atomic mass is 32.1. The molecule has 0 saturated carbocycles. The lowest BCUT2D eigenvalue weighted by Gasteiger charge is -2.02. The maximum absolute atomic E-state index is 12.1. The highest BCUT2D eigenvalue weighted by molar-refractivity contribution is 7.14. The van der Waals surface area contributed by atoms with Gasteiger partial charge in [0.2, 0.25) is 11.7 Å². The first-order chi connectivity index (χ1) is 15.2. The number of nitrogens with two attached hydrogens (primary N) is 1. The number of carbonyl (C=O) groups excluding carboxylic acids is 1. The van der Waals surface area contributed by atoms with Crippen molar-refractivity contribution in [3.05, 3.63) is 70.1 Å². The molecule has 3 N–H and O–H groups in total. The van der Waals surface area contributed by atoms with Crippen molar-refractivity contribution >= 4 is 39.5 Å². The minimum Gasteiger partial charge on any atom is -0.383 e. The Morgan fingerprint density at radius 3 is 2.87 bits per heavy atom. The van der Waals surface area contributed by atoms with E-state index in [0.29, 0.717) is 45.2 Å². The van der Waals surface area contributed by atoms with Crippen molar-refractivity contribution in [2.45, 2.75) is 6.42 Å². The summed E-state index contributed by atoms with van der Waals surface area (Å²) in [5.41, 5.74) is 8.28. The van der Waals surface area contributed by atoms with Crippen LogP contribution >= 0.6 is 22.7 Å².